The molecule has 0 aromatic heterocycles. The predicted molar refractivity (Wildman–Crippen MR) is 71.5 cm³/mol. The standard InChI is InChI=1S/C15H14O3/c1-10-12(8-14(17)9-15(10)18)5-2-11-3-6-13(16)7-4-11/h2-9,16-18H,1H3/b5-2-. The lowest BCUT2D eigenvalue weighted by molar-refractivity contribution is 0.447. The molecule has 92 valence electrons. The second-order valence-corrected chi connectivity index (χ2v) is 4.10. The molecule has 0 atom stereocenters. The lowest BCUT2D eigenvalue weighted by Gasteiger charge is -2.04. The Labute approximate surface area is 105 Å². The van der Waals surface area contributed by atoms with E-state index in [0.717, 1.165) is 11.1 Å². The van der Waals surface area contributed by atoms with Crippen LogP contribution in [0.15, 0.2) is 36.4 Å². The maximum atomic E-state index is 9.59. The smallest absolute Gasteiger partial charge is 0.122 e. The van der Waals surface area contributed by atoms with Crippen LogP contribution in [-0.2, 0) is 0 Å². The molecule has 0 aliphatic rings. The van der Waals surface area contributed by atoms with E-state index in [2.05, 4.69) is 0 Å². The van der Waals surface area contributed by atoms with Crippen LogP contribution in [0.1, 0.15) is 16.7 Å². The Bertz CT molecular complexity index is 583. The second kappa shape index (κ2) is 4.84. The first-order chi connectivity index (χ1) is 8.56. The van der Waals surface area contributed by atoms with E-state index in [0.29, 0.717) is 5.56 Å². The number of hydrogen-bond acceptors (Lipinski definition) is 3. The van der Waals surface area contributed by atoms with Crippen LogP contribution in [0.5, 0.6) is 17.2 Å². The molecule has 0 amide bonds. The third-order valence-corrected chi connectivity index (χ3v) is 2.75. The number of benzene rings is 2. The molecule has 3 N–H and O–H groups in total. The number of rotatable bonds is 2. The SMILES string of the molecule is Cc1c(O)cc(O)cc1/C=C\c1ccc(O)cc1. The van der Waals surface area contributed by atoms with Crippen molar-refractivity contribution in [1.29, 1.82) is 0 Å². The highest BCUT2D eigenvalue weighted by Crippen LogP contribution is 2.27. The van der Waals surface area contributed by atoms with Gasteiger partial charge in [-0.1, -0.05) is 24.3 Å². The zero-order chi connectivity index (χ0) is 13.1. The number of aromatic hydroxyl groups is 3. The van der Waals surface area contributed by atoms with Gasteiger partial charge >= 0.3 is 0 Å². The molecule has 2 rings (SSSR count). The van der Waals surface area contributed by atoms with Gasteiger partial charge in [0.2, 0.25) is 0 Å². The molecule has 2 aromatic carbocycles. The Kier molecular flexibility index (Phi) is 3.24. The summed E-state index contributed by atoms with van der Waals surface area (Å²) in [5, 5.41) is 28.2. The molecule has 3 nitrogen and oxygen atoms in total. The van der Waals surface area contributed by atoms with Crippen LogP contribution >= 0.6 is 0 Å². The fourth-order valence-electron chi connectivity index (χ4n) is 1.65. The summed E-state index contributed by atoms with van der Waals surface area (Å²) in [6.07, 6.45) is 3.65. The van der Waals surface area contributed by atoms with E-state index in [-0.39, 0.29) is 17.2 Å². The van der Waals surface area contributed by atoms with Crippen molar-refractivity contribution in [2.24, 2.45) is 0 Å². The Morgan fingerprint density at radius 1 is 0.833 bits per heavy atom. The van der Waals surface area contributed by atoms with E-state index in [1.54, 1.807) is 43.3 Å². The lowest BCUT2D eigenvalue weighted by atomic mass is 10.1. The molecule has 0 aliphatic heterocycles. The monoisotopic (exact) mass is 242 g/mol. The fourth-order valence-corrected chi connectivity index (χ4v) is 1.65. The largest absolute Gasteiger partial charge is 0.508 e. The highest BCUT2D eigenvalue weighted by Gasteiger charge is 2.03. The molecule has 0 saturated carbocycles. The van der Waals surface area contributed by atoms with Gasteiger partial charge in [0.15, 0.2) is 0 Å². The molecule has 0 fully saturated rings. The first kappa shape index (κ1) is 12.0. The van der Waals surface area contributed by atoms with E-state index in [9.17, 15) is 10.2 Å². The van der Waals surface area contributed by atoms with Crippen molar-refractivity contribution >= 4 is 12.2 Å². The number of hydrogen-bond donors (Lipinski definition) is 3. The molecule has 0 spiro atoms. The molecule has 0 radical (unpaired) electrons. The maximum Gasteiger partial charge on any atom is 0.122 e. The third kappa shape index (κ3) is 2.63. The summed E-state index contributed by atoms with van der Waals surface area (Å²) in [4.78, 5) is 0. The summed E-state index contributed by atoms with van der Waals surface area (Å²) in [5.41, 5.74) is 2.39. The summed E-state index contributed by atoms with van der Waals surface area (Å²) in [5.74, 6) is 0.321. The molecule has 0 bridgehead atoms. The van der Waals surface area contributed by atoms with Crippen LogP contribution in [0, 0.1) is 6.92 Å². The molecule has 0 saturated heterocycles. The van der Waals surface area contributed by atoms with Gasteiger partial charge in [0.1, 0.15) is 17.2 Å². The quantitative estimate of drug-likeness (QED) is 0.708. The van der Waals surface area contributed by atoms with E-state index in [1.807, 2.05) is 6.08 Å². The maximum absolute atomic E-state index is 9.59. The summed E-state index contributed by atoms with van der Waals surface area (Å²) in [7, 11) is 0. The van der Waals surface area contributed by atoms with Crippen molar-refractivity contribution in [2.75, 3.05) is 0 Å². The predicted octanol–water partition coefficient (Wildman–Crippen LogP) is 3.28. The zero-order valence-corrected chi connectivity index (χ0v) is 9.96. The first-order valence-electron chi connectivity index (χ1n) is 5.56. The molecular weight excluding hydrogens is 228 g/mol. The van der Waals surface area contributed by atoms with Crippen molar-refractivity contribution in [2.45, 2.75) is 6.92 Å². The minimum absolute atomic E-state index is 0.0310. The van der Waals surface area contributed by atoms with E-state index in [4.69, 9.17) is 5.11 Å². The molecule has 0 unspecified atom stereocenters. The average Bonchev–Trinajstić information content (AvgIpc) is 2.34. The minimum atomic E-state index is 0.0310. The Balaban J connectivity index is 2.31. The molecule has 0 aliphatic carbocycles. The normalized spacial score (nSPS) is 10.9. The van der Waals surface area contributed by atoms with Crippen molar-refractivity contribution in [3.05, 3.63) is 53.1 Å². The zero-order valence-electron chi connectivity index (χ0n) is 9.96. The highest BCUT2D eigenvalue weighted by molar-refractivity contribution is 5.73. The van der Waals surface area contributed by atoms with Crippen LogP contribution < -0.4 is 0 Å². The highest BCUT2D eigenvalue weighted by atomic mass is 16.3. The second-order valence-electron chi connectivity index (χ2n) is 4.10. The van der Waals surface area contributed by atoms with Gasteiger partial charge in [-0.2, -0.15) is 0 Å². The van der Waals surface area contributed by atoms with E-state index < -0.39 is 0 Å². The summed E-state index contributed by atoms with van der Waals surface area (Å²) >= 11 is 0. The van der Waals surface area contributed by atoms with Gasteiger partial charge in [0.05, 0.1) is 0 Å². The lowest BCUT2D eigenvalue weighted by Crippen LogP contribution is -1.82. The molecule has 0 heterocycles. The van der Waals surface area contributed by atoms with E-state index in [1.165, 1.54) is 6.07 Å². The molecule has 2 aromatic rings. The van der Waals surface area contributed by atoms with Crippen LogP contribution in [0.2, 0.25) is 0 Å². The topological polar surface area (TPSA) is 60.7 Å². The third-order valence-electron chi connectivity index (χ3n) is 2.75. The van der Waals surface area contributed by atoms with Gasteiger partial charge < -0.3 is 15.3 Å². The number of phenols is 3. The molecular formula is C15H14O3. The van der Waals surface area contributed by atoms with Gasteiger partial charge in [-0.15, -0.1) is 0 Å². The van der Waals surface area contributed by atoms with Gasteiger partial charge in [-0.3, -0.25) is 0 Å². The first-order valence-corrected chi connectivity index (χ1v) is 5.56. The van der Waals surface area contributed by atoms with Crippen molar-refractivity contribution in [1.82, 2.24) is 0 Å². The Morgan fingerprint density at radius 3 is 2.17 bits per heavy atom. The van der Waals surface area contributed by atoms with Crippen LogP contribution in [0.4, 0.5) is 0 Å². The minimum Gasteiger partial charge on any atom is -0.508 e. The summed E-state index contributed by atoms with van der Waals surface area (Å²) < 4.78 is 0. The van der Waals surface area contributed by atoms with Gasteiger partial charge in [-0.25, -0.2) is 0 Å². The van der Waals surface area contributed by atoms with E-state index >= 15 is 0 Å². The number of phenolic OH excluding ortho intramolecular Hbond substituents is 3. The summed E-state index contributed by atoms with van der Waals surface area (Å²) in [6, 6.07) is 9.67. The van der Waals surface area contributed by atoms with Crippen LogP contribution in [-0.4, -0.2) is 15.3 Å². The van der Waals surface area contributed by atoms with Crippen molar-refractivity contribution < 1.29 is 15.3 Å². The Morgan fingerprint density at radius 2 is 1.50 bits per heavy atom. The average molecular weight is 242 g/mol. The van der Waals surface area contributed by atoms with Crippen LogP contribution in [0.25, 0.3) is 12.2 Å². The van der Waals surface area contributed by atoms with Gasteiger partial charge in [-0.05, 0) is 41.8 Å². The Hall–Kier alpha value is -2.42. The fraction of sp³-hybridized carbons (Fsp3) is 0.0667. The van der Waals surface area contributed by atoms with Crippen molar-refractivity contribution in [3.8, 4) is 17.2 Å². The van der Waals surface area contributed by atoms with Crippen molar-refractivity contribution in [3.63, 3.8) is 0 Å². The van der Waals surface area contributed by atoms with Crippen LogP contribution in [0.3, 0.4) is 0 Å². The van der Waals surface area contributed by atoms with Gasteiger partial charge in [0.25, 0.3) is 0 Å². The molecule has 18 heavy (non-hydrogen) atoms. The van der Waals surface area contributed by atoms with Gasteiger partial charge in [0, 0.05) is 6.07 Å². The summed E-state index contributed by atoms with van der Waals surface area (Å²) in [6.45, 7) is 1.78. The molecule has 3 heteroatoms.